The molecule has 0 atom stereocenters. The molecule has 27 heavy (non-hydrogen) atoms. The number of carbonyl (C=O) groups excluding carboxylic acids is 2. The number of sulfonamides is 1. The Kier molecular flexibility index (Phi) is 6.55. The van der Waals surface area contributed by atoms with Crippen molar-refractivity contribution in [1.82, 2.24) is 9.21 Å². The van der Waals surface area contributed by atoms with Crippen LogP contribution >= 0.6 is 0 Å². The maximum atomic E-state index is 12.7. The summed E-state index contributed by atoms with van der Waals surface area (Å²) < 4.78 is 31.5. The van der Waals surface area contributed by atoms with Crippen molar-refractivity contribution in [2.45, 2.75) is 18.4 Å². The standard InChI is InChI=1S/C19H20N2O5S/c1-4-11-21(13-17-6-5-12-26-17)19(23)14-20(3)27(24,25)18-9-7-16(8-10-18)15(2)22/h1,5-10,12H,11,13-14H2,2-3H3. The lowest BCUT2D eigenvalue weighted by Crippen LogP contribution is -2.41. The van der Waals surface area contributed by atoms with E-state index in [4.69, 9.17) is 10.8 Å². The quantitative estimate of drug-likeness (QED) is 0.508. The van der Waals surface area contributed by atoms with Gasteiger partial charge in [-0.3, -0.25) is 9.59 Å². The second kappa shape index (κ2) is 8.66. The summed E-state index contributed by atoms with van der Waals surface area (Å²) >= 11 is 0. The molecule has 0 spiro atoms. The summed E-state index contributed by atoms with van der Waals surface area (Å²) in [5.41, 5.74) is 0.409. The van der Waals surface area contributed by atoms with Crippen molar-refractivity contribution >= 4 is 21.7 Å². The van der Waals surface area contributed by atoms with Crippen LogP contribution in [0, 0.1) is 12.3 Å². The molecule has 1 amide bonds. The fourth-order valence-electron chi connectivity index (χ4n) is 2.35. The monoisotopic (exact) mass is 388 g/mol. The van der Waals surface area contributed by atoms with E-state index in [-0.39, 0.29) is 30.3 Å². The lowest BCUT2D eigenvalue weighted by molar-refractivity contribution is -0.131. The molecule has 1 aromatic heterocycles. The first-order valence-corrected chi connectivity index (χ1v) is 9.50. The zero-order valence-electron chi connectivity index (χ0n) is 15.1. The fraction of sp³-hybridized carbons (Fsp3) is 0.263. The van der Waals surface area contributed by atoms with Gasteiger partial charge in [0.2, 0.25) is 15.9 Å². The van der Waals surface area contributed by atoms with Crippen LogP contribution in [0.4, 0.5) is 0 Å². The highest BCUT2D eigenvalue weighted by Gasteiger charge is 2.25. The van der Waals surface area contributed by atoms with Crippen molar-refractivity contribution in [2.24, 2.45) is 0 Å². The number of rotatable bonds is 8. The number of carbonyl (C=O) groups is 2. The molecule has 142 valence electrons. The normalized spacial score (nSPS) is 11.2. The third kappa shape index (κ3) is 5.06. The van der Waals surface area contributed by atoms with Crippen LogP contribution in [-0.4, -0.2) is 49.5 Å². The van der Waals surface area contributed by atoms with Crippen LogP contribution < -0.4 is 0 Å². The van der Waals surface area contributed by atoms with Gasteiger partial charge in [-0.2, -0.15) is 4.31 Å². The molecule has 0 aliphatic rings. The average Bonchev–Trinajstić information content (AvgIpc) is 3.14. The number of hydrogen-bond donors (Lipinski definition) is 0. The number of Topliss-reactive ketones (excluding diaryl/α,β-unsaturated/α-hetero) is 1. The smallest absolute Gasteiger partial charge is 0.243 e. The topological polar surface area (TPSA) is 87.9 Å². The third-order valence-electron chi connectivity index (χ3n) is 3.89. The Morgan fingerprint density at radius 1 is 1.19 bits per heavy atom. The molecule has 0 unspecified atom stereocenters. The van der Waals surface area contributed by atoms with E-state index in [9.17, 15) is 18.0 Å². The molecule has 2 rings (SSSR count). The molecular weight excluding hydrogens is 368 g/mol. The number of amides is 1. The van der Waals surface area contributed by atoms with Crippen molar-refractivity contribution in [2.75, 3.05) is 20.1 Å². The molecule has 0 bridgehead atoms. The first kappa shape index (κ1) is 20.4. The van der Waals surface area contributed by atoms with Gasteiger partial charge in [-0.25, -0.2) is 8.42 Å². The van der Waals surface area contributed by atoms with E-state index in [0.717, 1.165) is 4.31 Å². The highest BCUT2D eigenvalue weighted by Crippen LogP contribution is 2.16. The summed E-state index contributed by atoms with van der Waals surface area (Å²) in [6.45, 7) is 1.20. The summed E-state index contributed by atoms with van der Waals surface area (Å²) in [5.74, 6) is 2.32. The Hall–Kier alpha value is -2.89. The summed E-state index contributed by atoms with van der Waals surface area (Å²) in [7, 11) is -2.57. The first-order chi connectivity index (χ1) is 12.8. The second-order valence-electron chi connectivity index (χ2n) is 5.87. The molecule has 8 heteroatoms. The highest BCUT2D eigenvalue weighted by molar-refractivity contribution is 7.89. The molecule has 7 nitrogen and oxygen atoms in total. The van der Waals surface area contributed by atoms with Crippen molar-refractivity contribution in [3.63, 3.8) is 0 Å². The number of likely N-dealkylation sites (N-methyl/N-ethyl adjacent to an activating group) is 1. The molecule has 0 saturated heterocycles. The van der Waals surface area contributed by atoms with Gasteiger partial charge < -0.3 is 9.32 Å². The second-order valence-corrected chi connectivity index (χ2v) is 7.92. The van der Waals surface area contributed by atoms with Crippen molar-refractivity contribution in [3.8, 4) is 12.3 Å². The molecule has 0 saturated carbocycles. The molecule has 2 aromatic rings. The van der Waals surface area contributed by atoms with E-state index in [1.165, 1.54) is 49.4 Å². The lowest BCUT2D eigenvalue weighted by Gasteiger charge is -2.23. The molecular formula is C19H20N2O5S. The molecule has 0 N–H and O–H groups in total. The number of terminal acetylenes is 1. The van der Waals surface area contributed by atoms with Gasteiger partial charge in [0.25, 0.3) is 0 Å². The molecule has 1 aromatic carbocycles. The molecule has 0 aliphatic carbocycles. The van der Waals surface area contributed by atoms with Crippen LogP contribution in [0.1, 0.15) is 23.0 Å². The SMILES string of the molecule is C#CCN(Cc1ccco1)C(=O)CN(C)S(=O)(=O)c1ccc(C(C)=O)cc1. The van der Waals surface area contributed by atoms with Crippen LogP contribution in [0.2, 0.25) is 0 Å². The van der Waals surface area contributed by atoms with Crippen molar-refractivity contribution in [1.29, 1.82) is 0 Å². The van der Waals surface area contributed by atoms with Gasteiger partial charge in [0.15, 0.2) is 5.78 Å². The van der Waals surface area contributed by atoms with Gasteiger partial charge >= 0.3 is 0 Å². The van der Waals surface area contributed by atoms with Gasteiger partial charge in [0, 0.05) is 12.6 Å². The van der Waals surface area contributed by atoms with Gasteiger partial charge in [-0.1, -0.05) is 18.1 Å². The number of nitrogens with zero attached hydrogens (tertiary/aromatic N) is 2. The van der Waals surface area contributed by atoms with Crippen LogP contribution in [0.3, 0.4) is 0 Å². The van der Waals surface area contributed by atoms with Gasteiger partial charge in [0.1, 0.15) is 5.76 Å². The summed E-state index contributed by atoms with van der Waals surface area (Å²) in [6.07, 6.45) is 6.79. The number of ketones is 1. The highest BCUT2D eigenvalue weighted by atomic mass is 32.2. The number of furan rings is 1. The molecule has 1 heterocycles. The van der Waals surface area contributed by atoms with Gasteiger partial charge in [-0.15, -0.1) is 6.42 Å². The zero-order valence-corrected chi connectivity index (χ0v) is 15.9. The Bertz CT molecular complexity index is 941. The van der Waals surface area contributed by atoms with E-state index in [1.54, 1.807) is 12.1 Å². The Balaban J connectivity index is 2.12. The Morgan fingerprint density at radius 2 is 1.85 bits per heavy atom. The Morgan fingerprint density at radius 3 is 2.37 bits per heavy atom. The van der Waals surface area contributed by atoms with Crippen molar-refractivity contribution in [3.05, 3.63) is 54.0 Å². The number of hydrogen-bond acceptors (Lipinski definition) is 5. The number of benzene rings is 1. The largest absolute Gasteiger partial charge is 0.467 e. The third-order valence-corrected chi connectivity index (χ3v) is 5.71. The van der Waals surface area contributed by atoms with E-state index in [2.05, 4.69) is 5.92 Å². The van der Waals surface area contributed by atoms with E-state index < -0.39 is 15.9 Å². The summed E-state index contributed by atoms with van der Waals surface area (Å²) in [6, 6.07) is 8.95. The predicted molar refractivity (Wildman–Crippen MR) is 99.2 cm³/mol. The van der Waals surface area contributed by atoms with Crippen LogP contribution in [0.25, 0.3) is 0 Å². The minimum Gasteiger partial charge on any atom is -0.467 e. The predicted octanol–water partition coefficient (Wildman–Crippen LogP) is 1.76. The minimum absolute atomic E-state index is 0.00247. The maximum Gasteiger partial charge on any atom is 0.243 e. The summed E-state index contributed by atoms with van der Waals surface area (Å²) in [5, 5.41) is 0. The van der Waals surface area contributed by atoms with E-state index >= 15 is 0 Å². The lowest BCUT2D eigenvalue weighted by atomic mass is 10.2. The zero-order chi connectivity index (χ0) is 20.0. The fourth-order valence-corrected chi connectivity index (χ4v) is 3.47. The van der Waals surface area contributed by atoms with Gasteiger partial charge in [-0.05, 0) is 31.2 Å². The average molecular weight is 388 g/mol. The Labute approximate surface area is 158 Å². The van der Waals surface area contributed by atoms with Crippen LogP contribution in [0.5, 0.6) is 0 Å². The van der Waals surface area contributed by atoms with Gasteiger partial charge in [0.05, 0.1) is 30.8 Å². The van der Waals surface area contributed by atoms with Crippen LogP contribution in [0.15, 0.2) is 52.0 Å². The first-order valence-electron chi connectivity index (χ1n) is 8.06. The van der Waals surface area contributed by atoms with E-state index in [0.29, 0.717) is 11.3 Å². The van der Waals surface area contributed by atoms with Crippen molar-refractivity contribution < 1.29 is 22.4 Å². The molecule has 0 radical (unpaired) electrons. The summed E-state index contributed by atoms with van der Waals surface area (Å²) in [4.78, 5) is 25.2. The van der Waals surface area contributed by atoms with Crippen LogP contribution in [-0.2, 0) is 21.4 Å². The van der Waals surface area contributed by atoms with E-state index in [1.807, 2.05) is 0 Å². The minimum atomic E-state index is -3.89. The molecule has 0 aliphatic heterocycles. The molecule has 0 fully saturated rings. The maximum absolute atomic E-state index is 12.7.